The van der Waals surface area contributed by atoms with Gasteiger partial charge in [-0.1, -0.05) is 91.0 Å². The van der Waals surface area contributed by atoms with Gasteiger partial charge < -0.3 is 0 Å². The summed E-state index contributed by atoms with van der Waals surface area (Å²) in [5, 5.41) is 11.1. The molecule has 0 unspecified atom stereocenters. The average molecular weight is 289 g/mol. The van der Waals surface area contributed by atoms with Crippen LogP contribution in [-0.2, 0) is 0 Å². The number of nitrogens with one attached hydrogen (secondary N) is 1. The largest absolute Gasteiger partial charge is 0.299 e. The first-order valence-corrected chi connectivity index (χ1v) is 8.24. The Hall–Kier alpha value is -2.24. The molecule has 0 bridgehead atoms. The van der Waals surface area contributed by atoms with Crippen LogP contribution in [0.3, 0.4) is 0 Å². The minimum Gasteiger partial charge on any atom is -0.299 e. The molecule has 3 aromatic carbocycles. The van der Waals surface area contributed by atoms with E-state index >= 15 is 0 Å². The van der Waals surface area contributed by atoms with Gasteiger partial charge in [0.1, 0.15) is 0 Å². The van der Waals surface area contributed by atoms with Gasteiger partial charge in [-0.2, -0.15) is 0 Å². The molecular weight excluding hydrogens is 273 g/mol. The van der Waals surface area contributed by atoms with Gasteiger partial charge in [0, 0.05) is 13.5 Å². The van der Waals surface area contributed by atoms with Crippen LogP contribution in [0.4, 0.5) is 0 Å². The smallest absolute Gasteiger partial charge is 0.0703 e. The summed E-state index contributed by atoms with van der Waals surface area (Å²) in [7, 11) is -0.805. The zero-order valence-corrected chi connectivity index (χ0v) is 12.5. The molecule has 0 aliphatic heterocycles. The van der Waals surface area contributed by atoms with Crippen LogP contribution in [0, 0.1) is 5.41 Å². The van der Waals surface area contributed by atoms with Gasteiger partial charge >= 0.3 is 0 Å². The summed E-state index contributed by atoms with van der Waals surface area (Å²) in [6.07, 6.45) is 0. The molecule has 0 saturated carbocycles. The quantitative estimate of drug-likeness (QED) is 0.551. The Labute approximate surface area is 126 Å². The maximum absolute atomic E-state index is 8.69. The monoisotopic (exact) mass is 289 g/mol. The number of hydrogen-bond acceptors (Lipinski definition) is 1. The summed E-state index contributed by atoms with van der Waals surface area (Å²) in [6, 6.07) is 30.7. The van der Waals surface area contributed by atoms with Gasteiger partial charge in [-0.25, -0.2) is 0 Å². The van der Waals surface area contributed by atoms with Crippen LogP contribution in [0.2, 0.25) is 0 Å². The van der Waals surface area contributed by atoms with Crippen molar-refractivity contribution in [3.8, 4) is 0 Å². The van der Waals surface area contributed by atoms with Crippen molar-refractivity contribution in [3.05, 3.63) is 96.6 Å². The average Bonchev–Trinajstić information content (AvgIpc) is 2.58. The second-order valence-electron chi connectivity index (χ2n) is 4.72. The van der Waals surface area contributed by atoms with E-state index in [4.69, 9.17) is 5.41 Å². The Morgan fingerprint density at radius 3 is 1.38 bits per heavy atom. The lowest BCUT2D eigenvalue weighted by Crippen LogP contribution is -2.18. The summed E-state index contributed by atoms with van der Waals surface area (Å²) in [5.41, 5.74) is 1.69. The minimum absolute atomic E-state index is 0.697. The first kappa shape index (κ1) is 13.7. The van der Waals surface area contributed by atoms with E-state index in [9.17, 15) is 0 Å². The Morgan fingerprint density at radius 2 is 0.952 bits per heavy atom. The maximum Gasteiger partial charge on any atom is 0.0703 e. The van der Waals surface area contributed by atoms with Crippen molar-refractivity contribution in [2.45, 2.75) is 0 Å². The molecule has 0 radical (unpaired) electrons. The van der Waals surface area contributed by atoms with Crippen molar-refractivity contribution >= 4 is 24.0 Å². The Balaban J connectivity index is 2.07. The van der Waals surface area contributed by atoms with Crippen LogP contribution < -0.4 is 10.6 Å². The highest BCUT2D eigenvalue weighted by molar-refractivity contribution is 7.88. The molecule has 0 saturated heterocycles. The van der Waals surface area contributed by atoms with Gasteiger partial charge in [-0.05, 0) is 10.6 Å². The van der Waals surface area contributed by atoms with E-state index in [2.05, 4.69) is 24.3 Å². The standard InChI is InChI=1S/C19H16NP/c20-19(16-10-4-1-5-11-16)21(17-12-6-2-7-13-17)18-14-8-3-9-15-18/h1-15,20H. The molecule has 0 aliphatic carbocycles. The van der Waals surface area contributed by atoms with Crippen LogP contribution in [0.25, 0.3) is 0 Å². The molecule has 21 heavy (non-hydrogen) atoms. The molecule has 0 atom stereocenters. The third-order valence-corrected chi connectivity index (χ3v) is 5.63. The molecule has 1 N–H and O–H groups in total. The zero-order chi connectivity index (χ0) is 14.5. The molecule has 0 aromatic heterocycles. The van der Waals surface area contributed by atoms with Crippen molar-refractivity contribution in [3.63, 3.8) is 0 Å². The fourth-order valence-corrected chi connectivity index (χ4v) is 4.45. The molecule has 102 valence electrons. The SMILES string of the molecule is N=C(c1ccccc1)P(c1ccccc1)c1ccccc1. The van der Waals surface area contributed by atoms with Crippen molar-refractivity contribution in [1.82, 2.24) is 0 Å². The first-order chi connectivity index (χ1) is 10.4. The summed E-state index contributed by atoms with van der Waals surface area (Å²) < 4.78 is 0. The van der Waals surface area contributed by atoms with Crippen molar-refractivity contribution in [2.75, 3.05) is 0 Å². The van der Waals surface area contributed by atoms with Crippen LogP contribution in [0.15, 0.2) is 91.0 Å². The van der Waals surface area contributed by atoms with Crippen molar-refractivity contribution in [1.29, 1.82) is 5.41 Å². The van der Waals surface area contributed by atoms with Crippen LogP contribution in [-0.4, -0.2) is 5.45 Å². The molecule has 0 amide bonds. The van der Waals surface area contributed by atoms with Gasteiger partial charge in [0.05, 0.1) is 5.45 Å². The molecule has 3 aromatic rings. The minimum atomic E-state index is -0.805. The van der Waals surface area contributed by atoms with Crippen LogP contribution in [0.5, 0.6) is 0 Å². The topological polar surface area (TPSA) is 23.9 Å². The Bertz CT molecular complexity index is 669. The third kappa shape index (κ3) is 3.09. The summed E-state index contributed by atoms with van der Waals surface area (Å²) >= 11 is 0. The molecule has 0 heterocycles. The van der Waals surface area contributed by atoms with Gasteiger partial charge in [0.15, 0.2) is 0 Å². The lowest BCUT2D eigenvalue weighted by Gasteiger charge is -2.19. The maximum atomic E-state index is 8.69. The van der Waals surface area contributed by atoms with E-state index in [1.54, 1.807) is 0 Å². The van der Waals surface area contributed by atoms with Gasteiger partial charge in [0.2, 0.25) is 0 Å². The summed E-state index contributed by atoms with van der Waals surface area (Å²) in [5.74, 6) is 0. The first-order valence-electron chi connectivity index (χ1n) is 6.90. The Kier molecular flexibility index (Phi) is 4.23. The highest BCUT2D eigenvalue weighted by Crippen LogP contribution is 2.37. The van der Waals surface area contributed by atoms with Gasteiger partial charge in [0.25, 0.3) is 0 Å². The van der Waals surface area contributed by atoms with E-state index in [-0.39, 0.29) is 0 Å². The van der Waals surface area contributed by atoms with Crippen LogP contribution in [0.1, 0.15) is 5.56 Å². The number of hydrogen-bond donors (Lipinski definition) is 1. The van der Waals surface area contributed by atoms with E-state index in [0.717, 1.165) is 5.56 Å². The van der Waals surface area contributed by atoms with Crippen molar-refractivity contribution in [2.24, 2.45) is 0 Å². The normalized spacial score (nSPS) is 10.5. The van der Waals surface area contributed by atoms with E-state index < -0.39 is 7.92 Å². The Morgan fingerprint density at radius 1 is 0.571 bits per heavy atom. The second-order valence-corrected chi connectivity index (χ2v) is 6.87. The molecule has 0 aliphatic rings. The van der Waals surface area contributed by atoms with Crippen molar-refractivity contribution < 1.29 is 0 Å². The second kappa shape index (κ2) is 6.47. The predicted octanol–water partition coefficient (Wildman–Crippen LogP) is 4.14. The van der Waals surface area contributed by atoms with E-state index in [1.165, 1.54) is 10.6 Å². The highest BCUT2D eigenvalue weighted by Gasteiger charge is 2.19. The van der Waals surface area contributed by atoms with Gasteiger partial charge in [-0.15, -0.1) is 0 Å². The zero-order valence-electron chi connectivity index (χ0n) is 11.6. The molecule has 2 heteroatoms. The third-order valence-electron chi connectivity index (χ3n) is 3.30. The lowest BCUT2D eigenvalue weighted by atomic mass is 10.2. The lowest BCUT2D eigenvalue weighted by molar-refractivity contribution is 1.52. The highest BCUT2D eigenvalue weighted by atomic mass is 31.1. The predicted molar refractivity (Wildman–Crippen MR) is 92.3 cm³/mol. The molecule has 1 nitrogen and oxygen atoms in total. The van der Waals surface area contributed by atoms with E-state index in [1.807, 2.05) is 66.7 Å². The molecular formula is C19H16NP. The fourth-order valence-electron chi connectivity index (χ4n) is 2.29. The summed E-state index contributed by atoms with van der Waals surface area (Å²) in [4.78, 5) is 0. The van der Waals surface area contributed by atoms with E-state index in [0.29, 0.717) is 5.45 Å². The fraction of sp³-hybridized carbons (Fsp3) is 0. The molecule has 0 spiro atoms. The van der Waals surface area contributed by atoms with Gasteiger partial charge in [-0.3, -0.25) is 5.41 Å². The summed E-state index contributed by atoms with van der Waals surface area (Å²) in [6.45, 7) is 0. The number of rotatable bonds is 4. The van der Waals surface area contributed by atoms with Crippen LogP contribution >= 0.6 is 7.92 Å². The number of benzene rings is 3. The molecule has 3 rings (SSSR count). The molecule has 0 fully saturated rings.